The predicted molar refractivity (Wildman–Crippen MR) is 100 cm³/mol. The van der Waals surface area contributed by atoms with E-state index in [2.05, 4.69) is 14.5 Å². The normalized spacial score (nSPS) is 14.8. The lowest BCUT2D eigenvalue weighted by atomic mass is 10.2. The van der Waals surface area contributed by atoms with E-state index in [9.17, 15) is 0 Å². The number of hydrogen-bond donors (Lipinski definition) is 0. The van der Waals surface area contributed by atoms with Crippen LogP contribution in [0.4, 0.5) is 0 Å². The van der Waals surface area contributed by atoms with E-state index >= 15 is 0 Å². The van der Waals surface area contributed by atoms with Crippen molar-refractivity contribution in [3.63, 3.8) is 0 Å². The van der Waals surface area contributed by atoms with Gasteiger partial charge in [-0.05, 0) is 36.4 Å². The number of pyridine rings is 2. The van der Waals surface area contributed by atoms with Crippen LogP contribution in [0.3, 0.4) is 0 Å². The van der Waals surface area contributed by atoms with E-state index in [1.807, 2.05) is 59.2 Å². The second-order valence-electron chi connectivity index (χ2n) is 6.46. The van der Waals surface area contributed by atoms with Gasteiger partial charge in [0.25, 0.3) is 11.5 Å². The molecular weight excluding hydrogens is 322 g/mol. The van der Waals surface area contributed by atoms with Gasteiger partial charge in [0.1, 0.15) is 17.9 Å². The zero-order chi connectivity index (χ0) is 19.8. The van der Waals surface area contributed by atoms with Gasteiger partial charge in [0.15, 0.2) is 0 Å². The zero-order valence-corrected chi connectivity index (χ0v) is 13.8. The van der Waals surface area contributed by atoms with Crippen LogP contribution in [0, 0.1) is 0 Å². The van der Waals surface area contributed by atoms with Gasteiger partial charge in [-0.25, -0.2) is 9.55 Å². The average Bonchev–Trinajstić information content (AvgIpc) is 3.34. The van der Waals surface area contributed by atoms with Crippen LogP contribution in [-0.2, 0) is 13.5 Å². The van der Waals surface area contributed by atoms with Crippen molar-refractivity contribution >= 4 is 22.2 Å². The van der Waals surface area contributed by atoms with E-state index in [1.165, 1.54) is 4.57 Å². The third-order valence-corrected chi connectivity index (χ3v) is 5.08. The highest BCUT2D eigenvalue weighted by Gasteiger charge is 2.38. The number of aromatic nitrogens is 5. The molecule has 5 aromatic rings. The van der Waals surface area contributed by atoms with Crippen molar-refractivity contribution in [2.45, 2.75) is 6.54 Å². The quantitative estimate of drug-likeness (QED) is 0.431. The Labute approximate surface area is 154 Å². The predicted octanol–water partition coefficient (Wildman–Crippen LogP) is 3.23. The Balaban J connectivity index is 1.89. The number of benzene rings is 1. The number of para-hydroxylation sites is 1. The summed E-state index contributed by atoms with van der Waals surface area (Å²) >= 11 is 0. The van der Waals surface area contributed by atoms with Gasteiger partial charge >= 0.3 is 0 Å². The minimum atomic E-state index is -2.37. The first-order valence-corrected chi connectivity index (χ1v) is 8.49. The van der Waals surface area contributed by atoms with Crippen molar-refractivity contribution in [1.29, 1.82) is 0 Å². The van der Waals surface area contributed by atoms with Crippen molar-refractivity contribution < 1.29 is 8.68 Å². The van der Waals surface area contributed by atoms with Crippen LogP contribution in [-0.4, -0.2) is 19.1 Å². The second-order valence-corrected chi connectivity index (χ2v) is 6.46. The van der Waals surface area contributed by atoms with Crippen LogP contribution in [0.1, 0.15) is 9.81 Å². The number of nitrogens with zero attached hydrogens (tertiary/aromatic N) is 5. The third-order valence-electron chi connectivity index (χ3n) is 5.08. The first-order chi connectivity index (χ1) is 14.1. The molecule has 5 heteroatoms. The fraction of sp³-hybridized carbons (Fsp3) is 0.0952. The average molecular weight is 341 g/mol. The molecule has 1 aliphatic heterocycles. The molecule has 0 bridgehead atoms. The Kier molecular flexibility index (Phi) is 2.06. The van der Waals surface area contributed by atoms with Crippen molar-refractivity contribution in [2.24, 2.45) is 6.98 Å². The summed E-state index contributed by atoms with van der Waals surface area (Å²) in [5.41, 5.74) is 4.84. The number of imidazole rings is 1. The largest absolute Gasteiger partial charge is 0.298 e. The molecule has 5 nitrogen and oxygen atoms in total. The summed E-state index contributed by atoms with van der Waals surface area (Å²) in [6, 6.07) is 17.6. The van der Waals surface area contributed by atoms with Gasteiger partial charge in [-0.1, -0.05) is 18.2 Å². The van der Waals surface area contributed by atoms with Gasteiger partial charge in [-0.15, -0.1) is 0 Å². The Bertz CT molecular complexity index is 1410. The highest BCUT2D eigenvalue weighted by atomic mass is 15.3. The van der Waals surface area contributed by atoms with E-state index in [1.54, 1.807) is 12.4 Å². The monoisotopic (exact) mass is 341 g/mol. The molecule has 0 amide bonds. The van der Waals surface area contributed by atoms with Crippen molar-refractivity contribution in [3.05, 3.63) is 72.7 Å². The molecule has 0 aliphatic carbocycles. The molecule has 5 heterocycles. The summed E-state index contributed by atoms with van der Waals surface area (Å²) in [5.74, 6) is 0.938. The van der Waals surface area contributed by atoms with Crippen LogP contribution >= 0.6 is 0 Å². The summed E-state index contributed by atoms with van der Waals surface area (Å²) in [4.78, 5) is 8.98. The molecule has 6 rings (SSSR count). The summed E-state index contributed by atoms with van der Waals surface area (Å²) in [6.07, 6.45) is 3.43. The van der Waals surface area contributed by atoms with Crippen molar-refractivity contribution in [1.82, 2.24) is 19.1 Å². The maximum absolute atomic E-state index is 8.23. The second kappa shape index (κ2) is 4.79. The van der Waals surface area contributed by atoms with E-state index < -0.39 is 6.98 Å². The molecule has 0 saturated carbocycles. The highest BCUT2D eigenvalue weighted by molar-refractivity contribution is 6.02. The minimum absolute atomic E-state index is 0.460. The molecule has 124 valence electrons. The molecule has 0 fully saturated rings. The van der Waals surface area contributed by atoms with E-state index in [-0.39, 0.29) is 0 Å². The van der Waals surface area contributed by atoms with Crippen molar-refractivity contribution in [2.75, 3.05) is 0 Å². The van der Waals surface area contributed by atoms with Crippen LogP contribution in [0.25, 0.3) is 39.3 Å². The van der Waals surface area contributed by atoms with Gasteiger partial charge in [0.05, 0.1) is 16.6 Å². The molecule has 0 spiro atoms. The number of hydrogen-bond acceptors (Lipinski definition) is 2. The molecule has 0 unspecified atom stereocenters. The van der Waals surface area contributed by atoms with Gasteiger partial charge in [-0.3, -0.25) is 9.55 Å². The minimum Gasteiger partial charge on any atom is -0.292 e. The molecule has 4 aromatic heterocycles. The summed E-state index contributed by atoms with van der Waals surface area (Å²) in [6.45, 7) is -1.78. The Hall–Kier alpha value is -3.47. The molecule has 0 saturated heterocycles. The molecule has 0 radical (unpaired) electrons. The molecule has 0 N–H and O–H groups in total. The smallest absolute Gasteiger partial charge is 0.292 e. The van der Waals surface area contributed by atoms with Crippen LogP contribution in [0.15, 0.2) is 67.0 Å². The fourth-order valence-corrected chi connectivity index (χ4v) is 4.04. The van der Waals surface area contributed by atoms with Gasteiger partial charge in [0, 0.05) is 23.5 Å². The molecule has 26 heavy (non-hydrogen) atoms. The van der Waals surface area contributed by atoms with E-state index in [0.717, 1.165) is 33.7 Å². The fourth-order valence-electron chi connectivity index (χ4n) is 4.04. The first-order valence-electron chi connectivity index (χ1n) is 9.99. The van der Waals surface area contributed by atoms with E-state index in [0.29, 0.717) is 17.8 Å². The van der Waals surface area contributed by atoms with Crippen LogP contribution < -0.4 is 4.57 Å². The molecule has 0 atom stereocenters. The number of rotatable bonds is 1. The van der Waals surface area contributed by atoms with E-state index in [4.69, 9.17) is 4.11 Å². The Morgan fingerprint density at radius 1 is 1.00 bits per heavy atom. The van der Waals surface area contributed by atoms with Crippen LogP contribution in [0.2, 0.25) is 0 Å². The number of aryl methyl sites for hydroxylation is 1. The lowest BCUT2D eigenvalue weighted by Gasteiger charge is -2.03. The van der Waals surface area contributed by atoms with Crippen LogP contribution in [0.5, 0.6) is 0 Å². The lowest BCUT2D eigenvalue weighted by molar-refractivity contribution is -0.645. The lowest BCUT2D eigenvalue weighted by Crippen LogP contribution is -2.31. The summed E-state index contributed by atoms with van der Waals surface area (Å²) < 4.78 is 30.3. The third kappa shape index (κ3) is 1.57. The summed E-state index contributed by atoms with van der Waals surface area (Å²) in [7, 11) is 0. The van der Waals surface area contributed by atoms with Gasteiger partial charge < -0.3 is 0 Å². The zero-order valence-electron chi connectivity index (χ0n) is 16.8. The first kappa shape index (κ1) is 11.2. The topological polar surface area (TPSA) is 39.5 Å². The maximum Gasteiger partial charge on any atom is 0.298 e. The summed E-state index contributed by atoms with van der Waals surface area (Å²) in [5, 5.41) is 0.822. The Morgan fingerprint density at radius 2 is 1.85 bits per heavy atom. The SMILES string of the molecule is [2H]C([2H])([2H])n1c2ncccc2c2c1n(-c1ccccc1)c1[n+]2Cc2ncccc2-1. The standard InChI is InChI=1S/C21H16N5/c1-24-19-16(10-6-12-23-19)18-21(24)26(14-7-3-2-4-8-14)20-15-9-5-11-22-17(15)13-25(18)20/h2-12H,13H2,1H3/q+1/i1D3. The van der Waals surface area contributed by atoms with Gasteiger partial charge in [0.2, 0.25) is 5.52 Å². The van der Waals surface area contributed by atoms with Crippen molar-refractivity contribution in [3.8, 4) is 17.1 Å². The molecular formula is C21H16N5+. The molecule has 1 aliphatic rings. The van der Waals surface area contributed by atoms with Gasteiger partial charge in [-0.2, -0.15) is 4.57 Å². The highest BCUT2D eigenvalue weighted by Crippen LogP contribution is 2.36. The Morgan fingerprint density at radius 3 is 2.73 bits per heavy atom. The number of fused-ring (bicyclic) bond motifs is 7. The molecule has 1 aromatic carbocycles. The maximum atomic E-state index is 8.23.